The summed E-state index contributed by atoms with van der Waals surface area (Å²) in [6.07, 6.45) is 2.21. The molecule has 0 spiro atoms. The predicted molar refractivity (Wildman–Crippen MR) is 93.8 cm³/mol. The molecule has 4 nitrogen and oxygen atoms in total. The minimum atomic E-state index is -0.269. The number of rotatable bonds is 5. The maximum absolute atomic E-state index is 12.3. The van der Waals surface area contributed by atoms with Crippen LogP contribution in [0.15, 0.2) is 24.3 Å². The second-order valence-electron chi connectivity index (χ2n) is 7.34. The van der Waals surface area contributed by atoms with Gasteiger partial charge in [-0.15, -0.1) is 0 Å². The zero-order valence-corrected chi connectivity index (χ0v) is 15.0. The number of nitrogens with zero attached hydrogens (tertiary/aromatic N) is 2. The number of piperazine rings is 1. The number of benzene rings is 1. The van der Waals surface area contributed by atoms with Gasteiger partial charge in [-0.25, -0.2) is 0 Å². The van der Waals surface area contributed by atoms with Crippen LogP contribution in [0.3, 0.4) is 0 Å². The van der Waals surface area contributed by atoms with E-state index in [1.165, 1.54) is 5.56 Å². The van der Waals surface area contributed by atoms with Crippen LogP contribution in [0.25, 0.3) is 0 Å². The van der Waals surface area contributed by atoms with E-state index in [9.17, 15) is 4.79 Å². The zero-order chi connectivity index (χ0) is 16.9. The summed E-state index contributed by atoms with van der Waals surface area (Å²) >= 11 is 0. The highest BCUT2D eigenvalue weighted by Gasteiger charge is 2.29. The maximum Gasteiger partial charge on any atom is 0.228 e. The molecule has 1 aliphatic heterocycles. The molecule has 0 bridgehead atoms. The highest BCUT2D eigenvalue weighted by molar-refractivity contribution is 5.81. The molecule has 0 atom stereocenters. The Bertz CT molecular complexity index is 514. The lowest BCUT2D eigenvalue weighted by Crippen LogP contribution is -2.51. The number of hydrogen-bond donors (Lipinski definition) is 0. The third-order valence-electron chi connectivity index (χ3n) is 4.38. The third-order valence-corrected chi connectivity index (χ3v) is 4.38. The second-order valence-corrected chi connectivity index (χ2v) is 7.34. The molecule has 1 heterocycles. The molecule has 4 heteroatoms. The molecule has 1 fully saturated rings. The fraction of sp³-hybridized carbons (Fsp3) is 0.632. The molecule has 2 rings (SSSR count). The van der Waals surface area contributed by atoms with Crippen molar-refractivity contribution >= 4 is 5.91 Å². The van der Waals surface area contributed by atoms with Crippen molar-refractivity contribution in [3.8, 4) is 5.75 Å². The van der Waals surface area contributed by atoms with E-state index < -0.39 is 0 Å². The molecule has 0 aromatic heterocycles. The number of amides is 1. The van der Waals surface area contributed by atoms with E-state index in [2.05, 4.69) is 17.0 Å². The summed E-state index contributed by atoms with van der Waals surface area (Å²) < 4.78 is 5.26. The normalized spacial score (nSPS) is 16.4. The van der Waals surface area contributed by atoms with E-state index in [4.69, 9.17) is 4.74 Å². The quantitative estimate of drug-likeness (QED) is 0.837. The van der Waals surface area contributed by atoms with Crippen LogP contribution in [-0.4, -0.2) is 55.5 Å². The summed E-state index contributed by atoms with van der Waals surface area (Å²) in [7, 11) is 1.71. The van der Waals surface area contributed by atoms with Crippen LogP contribution in [0.5, 0.6) is 5.75 Å². The molecule has 1 aromatic carbocycles. The molecule has 1 amide bonds. The largest absolute Gasteiger partial charge is 0.497 e. The van der Waals surface area contributed by atoms with Crippen molar-refractivity contribution in [3.05, 3.63) is 29.8 Å². The molecule has 1 aliphatic rings. The molecule has 0 N–H and O–H groups in total. The summed E-state index contributed by atoms with van der Waals surface area (Å²) in [5, 5.41) is 0. The van der Waals surface area contributed by atoms with Crippen LogP contribution >= 0.6 is 0 Å². The zero-order valence-electron chi connectivity index (χ0n) is 15.0. The summed E-state index contributed by atoms with van der Waals surface area (Å²) in [5.74, 6) is 1.20. The van der Waals surface area contributed by atoms with Crippen LogP contribution in [0.2, 0.25) is 0 Å². The van der Waals surface area contributed by atoms with Gasteiger partial charge < -0.3 is 9.64 Å². The molecular formula is C19H30N2O2. The van der Waals surface area contributed by atoms with Crippen LogP contribution in [0.1, 0.15) is 32.8 Å². The lowest BCUT2D eigenvalue weighted by molar-refractivity contribution is -0.141. The molecular weight excluding hydrogens is 288 g/mol. The Morgan fingerprint density at radius 2 is 1.87 bits per heavy atom. The van der Waals surface area contributed by atoms with Gasteiger partial charge in [-0.1, -0.05) is 32.9 Å². The maximum atomic E-state index is 12.3. The summed E-state index contributed by atoms with van der Waals surface area (Å²) in [5.41, 5.74) is 1.06. The van der Waals surface area contributed by atoms with E-state index >= 15 is 0 Å². The molecule has 1 saturated heterocycles. The molecule has 0 radical (unpaired) electrons. The topological polar surface area (TPSA) is 32.8 Å². The van der Waals surface area contributed by atoms with Gasteiger partial charge in [-0.3, -0.25) is 9.69 Å². The second kappa shape index (κ2) is 7.82. The first-order chi connectivity index (χ1) is 10.9. The van der Waals surface area contributed by atoms with Gasteiger partial charge in [0.1, 0.15) is 5.75 Å². The lowest BCUT2D eigenvalue weighted by atomic mass is 9.94. The fourth-order valence-electron chi connectivity index (χ4n) is 2.98. The number of hydrogen-bond acceptors (Lipinski definition) is 3. The van der Waals surface area contributed by atoms with Gasteiger partial charge in [0.25, 0.3) is 0 Å². The van der Waals surface area contributed by atoms with Crippen molar-refractivity contribution in [1.82, 2.24) is 9.80 Å². The van der Waals surface area contributed by atoms with E-state index in [1.54, 1.807) is 7.11 Å². The number of methoxy groups -OCH3 is 1. The standard InChI is InChI=1S/C19H30N2O2/c1-19(2,3)18(22)21-13-11-20(12-14-21)10-6-8-16-7-5-9-17(15-16)23-4/h5,7,9,15H,6,8,10-14H2,1-4H3. The highest BCUT2D eigenvalue weighted by atomic mass is 16.5. The van der Waals surface area contributed by atoms with Gasteiger partial charge in [0.05, 0.1) is 7.11 Å². The Balaban J connectivity index is 1.71. The average molecular weight is 318 g/mol. The van der Waals surface area contributed by atoms with Gasteiger partial charge in [-0.2, -0.15) is 0 Å². The SMILES string of the molecule is COc1cccc(CCCN2CCN(C(=O)C(C)(C)C)CC2)c1. The van der Waals surface area contributed by atoms with Gasteiger partial charge in [0, 0.05) is 31.6 Å². The van der Waals surface area contributed by atoms with Gasteiger partial charge in [-0.05, 0) is 37.1 Å². The number of aryl methyl sites for hydroxylation is 1. The summed E-state index contributed by atoms with van der Waals surface area (Å²) in [6.45, 7) is 10.8. The first-order valence-electron chi connectivity index (χ1n) is 8.55. The molecule has 0 saturated carbocycles. The van der Waals surface area contributed by atoms with Gasteiger partial charge >= 0.3 is 0 Å². The van der Waals surface area contributed by atoms with E-state index in [0.29, 0.717) is 0 Å². The Kier molecular flexibility index (Phi) is 6.05. The number of carbonyl (C=O) groups is 1. The van der Waals surface area contributed by atoms with Crippen molar-refractivity contribution in [2.24, 2.45) is 5.41 Å². The Morgan fingerprint density at radius 3 is 2.48 bits per heavy atom. The molecule has 1 aromatic rings. The van der Waals surface area contributed by atoms with Crippen molar-refractivity contribution < 1.29 is 9.53 Å². The van der Waals surface area contributed by atoms with Gasteiger partial charge in [0.2, 0.25) is 5.91 Å². The molecule has 23 heavy (non-hydrogen) atoms. The van der Waals surface area contributed by atoms with Crippen LogP contribution < -0.4 is 4.74 Å². The van der Waals surface area contributed by atoms with Crippen molar-refractivity contribution in [2.75, 3.05) is 39.8 Å². The Labute approximate surface area is 140 Å². The first kappa shape index (κ1) is 17.8. The lowest BCUT2D eigenvalue weighted by Gasteiger charge is -2.37. The third kappa shape index (κ3) is 5.24. The van der Waals surface area contributed by atoms with E-state index in [1.807, 2.05) is 37.8 Å². The predicted octanol–water partition coefficient (Wildman–Crippen LogP) is 2.82. The van der Waals surface area contributed by atoms with E-state index in [0.717, 1.165) is 51.3 Å². The average Bonchev–Trinajstić information content (AvgIpc) is 2.54. The minimum absolute atomic E-state index is 0.269. The minimum Gasteiger partial charge on any atom is -0.497 e. The monoisotopic (exact) mass is 318 g/mol. The summed E-state index contributed by atoms with van der Waals surface area (Å²) in [6, 6.07) is 8.29. The van der Waals surface area contributed by atoms with Crippen molar-refractivity contribution in [3.63, 3.8) is 0 Å². The van der Waals surface area contributed by atoms with E-state index in [-0.39, 0.29) is 11.3 Å². The van der Waals surface area contributed by atoms with Gasteiger partial charge in [0.15, 0.2) is 0 Å². The Hall–Kier alpha value is -1.55. The van der Waals surface area contributed by atoms with Crippen LogP contribution in [0, 0.1) is 5.41 Å². The van der Waals surface area contributed by atoms with Crippen LogP contribution in [0.4, 0.5) is 0 Å². The number of ether oxygens (including phenoxy) is 1. The summed E-state index contributed by atoms with van der Waals surface area (Å²) in [4.78, 5) is 16.8. The van der Waals surface area contributed by atoms with Crippen LogP contribution in [-0.2, 0) is 11.2 Å². The first-order valence-corrected chi connectivity index (χ1v) is 8.55. The molecule has 128 valence electrons. The van der Waals surface area contributed by atoms with Crippen molar-refractivity contribution in [2.45, 2.75) is 33.6 Å². The number of carbonyl (C=O) groups excluding carboxylic acids is 1. The fourth-order valence-corrected chi connectivity index (χ4v) is 2.98. The van der Waals surface area contributed by atoms with Crippen molar-refractivity contribution in [1.29, 1.82) is 0 Å². The molecule has 0 aliphatic carbocycles. The molecule has 0 unspecified atom stereocenters. The Morgan fingerprint density at radius 1 is 1.17 bits per heavy atom. The smallest absolute Gasteiger partial charge is 0.228 e. The highest BCUT2D eigenvalue weighted by Crippen LogP contribution is 2.19.